The van der Waals surface area contributed by atoms with Crippen molar-refractivity contribution in [3.8, 4) is 0 Å². The number of ether oxygens (including phenoxy) is 1. The largest absolute Gasteiger partial charge is 0.370 e. The molecular weight excluding hydrogens is 264 g/mol. The molecule has 1 heterocycles. The van der Waals surface area contributed by atoms with Gasteiger partial charge in [0.25, 0.3) is 0 Å². The van der Waals surface area contributed by atoms with Gasteiger partial charge in [-0.25, -0.2) is 0 Å². The molecule has 1 aromatic carbocycles. The number of nitrogens with one attached hydrogen (secondary N) is 1. The van der Waals surface area contributed by atoms with Crippen molar-refractivity contribution in [1.82, 2.24) is 10.2 Å². The van der Waals surface area contributed by atoms with Gasteiger partial charge in [0.15, 0.2) is 0 Å². The number of rotatable bonds is 4. The Kier molecular flexibility index (Phi) is 4.27. The van der Waals surface area contributed by atoms with Gasteiger partial charge in [-0.15, -0.1) is 0 Å². The van der Waals surface area contributed by atoms with Gasteiger partial charge in [-0.2, -0.15) is 0 Å². The SMILES string of the molecule is Cc1ccccc1C1CN(C(=O)CNC2CC2)C(C)CO1. The third-order valence-corrected chi connectivity index (χ3v) is 4.41. The highest BCUT2D eigenvalue weighted by molar-refractivity contribution is 5.78. The van der Waals surface area contributed by atoms with E-state index in [4.69, 9.17) is 4.74 Å². The van der Waals surface area contributed by atoms with Gasteiger partial charge in [-0.05, 0) is 37.8 Å². The Labute approximate surface area is 126 Å². The van der Waals surface area contributed by atoms with Gasteiger partial charge in [0.1, 0.15) is 6.10 Å². The quantitative estimate of drug-likeness (QED) is 0.922. The van der Waals surface area contributed by atoms with E-state index < -0.39 is 0 Å². The average Bonchev–Trinajstić information content (AvgIpc) is 3.30. The van der Waals surface area contributed by atoms with Crippen LogP contribution in [-0.4, -0.2) is 42.6 Å². The number of amides is 1. The van der Waals surface area contributed by atoms with Gasteiger partial charge in [0.2, 0.25) is 5.91 Å². The fourth-order valence-electron chi connectivity index (χ4n) is 2.86. The standard InChI is InChI=1S/C17H24N2O2/c1-12-5-3-4-6-15(12)16-10-19(13(2)11-21-16)17(20)9-18-14-7-8-14/h3-6,13-14,16,18H,7-11H2,1-2H3. The third-order valence-electron chi connectivity index (χ3n) is 4.41. The monoisotopic (exact) mass is 288 g/mol. The highest BCUT2D eigenvalue weighted by Crippen LogP contribution is 2.27. The van der Waals surface area contributed by atoms with Crippen molar-refractivity contribution in [2.75, 3.05) is 19.7 Å². The van der Waals surface area contributed by atoms with Crippen LogP contribution in [0.25, 0.3) is 0 Å². The van der Waals surface area contributed by atoms with Gasteiger partial charge in [-0.1, -0.05) is 24.3 Å². The number of nitrogens with zero attached hydrogens (tertiary/aromatic N) is 1. The Hall–Kier alpha value is -1.39. The predicted octanol–water partition coefficient (Wildman–Crippen LogP) is 2.04. The van der Waals surface area contributed by atoms with Crippen molar-refractivity contribution in [2.24, 2.45) is 0 Å². The van der Waals surface area contributed by atoms with Crippen molar-refractivity contribution in [2.45, 2.75) is 44.9 Å². The van der Waals surface area contributed by atoms with E-state index in [0.29, 0.717) is 25.7 Å². The zero-order valence-electron chi connectivity index (χ0n) is 12.8. The van der Waals surface area contributed by atoms with Gasteiger partial charge < -0.3 is 15.0 Å². The molecular formula is C17H24N2O2. The highest BCUT2D eigenvalue weighted by Gasteiger charge is 2.31. The normalized spacial score (nSPS) is 25.9. The van der Waals surface area contributed by atoms with E-state index in [1.807, 2.05) is 17.0 Å². The van der Waals surface area contributed by atoms with Gasteiger partial charge in [0, 0.05) is 6.04 Å². The molecule has 21 heavy (non-hydrogen) atoms. The Morgan fingerprint density at radius 2 is 2.14 bits per heavy atom. The first-order valence-corrected chi connectivity index (χ1v) is 7.85. The molecule has 0 aromatic heterocycles. The van der Waals surface area contributed by atoms with Crippen LogP contribution in [0.4, 0.5) is 0 Å². The van der Waals surface area contributed by atoms with E-state index in [2.05, 4.69) is 31.3 Å². The lowest BCUT2D eigenvalue weighted by molar-refractivity contribution is -0.143. The van der Waals surface area contributed by atoms with Crippen molar-refractivity contribution >= 4 is 5.91 Å². The molecule has 1 saturated heterocycles. The predicted molar refractivity (Wildman–Crippen MR) is 82.1 cm³/mol. The first-order chi connectivity index (χ1) is 10.1. The summed E-state index contributed by atoms with van der Waals surface area (Å²) in [5, 5.41) is 3.31. The van der Waals surface area contributed by atoms with E-state index in [1.165, 1.54) is 24.0 Å². The van der Waals surface area contributed by atoms with Crippen molar-refractivity contribution < 1.29 is 9.53 Å². The van der Waals surface area contributed by atoms with Crippen LogP contribution in [0.5, 0.6) is 0 Å². The van der Waals surface area contributed by atoms with Gasteiger partial charge in [-0.3, -0.25) is 4.79 Å². The molecule has 1 aliphatic heterocycles. The highest BCUT2D eigenvalue weighted by atomic mass is 16.5. The molecule has 1 N–H and O–H groups in total. The molecule has 1 amide bonds. The summed E-state index contributed by atoms with van der Waals surface area (Å²) in [5.74, 6) is 0.191. The second kappa shape index (κ2) is 6.16. The van der Waals surface area contributed by atoms with Crippen LogP contribution in [0.2, 0.25) is 0 Å². The number of benzene rings is 1. The lowest BCUT2D eigenvalue weighted by Gasteiger charge is -2.38. The molecule has 4 heteroatoms. The lowest BCUT2D eigenvalue weighted by atomic mass is 10.0. The molecule has 2 fully saturated rings. The molecule has 2 unspecified atom stereocenters. The summed E-state index contributed by atoms with van der Waals surface area (Å²) in [4.78, 5) is 14.4. The summed E-state index contributed by atoms with van der Waals surface area (Å²) >= 11 is 0. The summed E-state index contributed by atoms with van der Waals surface area (Å²) in [6, 6.07) is 8.98. The number of carbonyl (C=O) groups is 1. The molecule has 1 aliphatic carbocycles. The van der Waals surface area contributed by atoms with Crippen molar-refractivity contribution in [3.63, 3.8) is 0 Å². The molecule has 1 aromatic rings. The Balaban J connectivity index is 1.66. The maximum absolute atomic E-state index is 12.4. The molecule has 3 rings (SSSR count). The summed E-state index contributed by atoms with van der Waals surface area (Å²) in [6.45, 7) is 5.86. The lowest BCUT2D eigenvalue weighted by Crippen LogP contribution is -2.51. The maximum atomic E-state index is 12.4. The molecule has 0 radical (unpaired) electrons. The topological polar surface area (TPSA) is 41.6 Å². The minimum absolute atomic E-state index is 0.00715. The summed E-state index contributed by atoms with van der Waals surface area (Å²) in [5.41, 5.74) is 2.41. The molecule has 4 nitrogen and oxygen atoms in total. The second-order valence-electron chi connectivity index (χ2n) is 6.23. The van der Waals surface area contributed by atoms with Gasteiger partial charge in [0.05, 0.1) is 25.7 Å². The van der Waals surface area contributed by atoms with Crippen LogP contribution in [0.15, 0.2) is 24.3 Å². The Morgan fingerprint density at radius 3 is 2.86 bits per heavy atom. The minimum Gasteiger partial charge on any atom is -0.370 e. The minimum atomic E-state index is -0.00715. The number of hydrogen-bond acceptors (Lipinski definition) is 3. The number of morpholine rings is 1. The fourth-order valence-corrected chi connectivity index (χ4v) is 2.86. The molecule has 0 spiro atoms. The van der Waals surface area contributed by atoms with Crippen LogP contribution >= 0.6 is 0 Å². The average molecular weight is 288 g/mol. The van der Waals surface area contributed by atoms with Crippen LogP contribution in [0.3, 0.4) is 0 Å². The zero-order valence-corrected chi connectivity index (χ0v) is 12.8. The third kappa shape index (κ3) is 3.44. The van der Waals surface area contributed by atoms with Crippen molar-refractivity contribution in [1.29, 1.82) is 0 Å². The van der Waals surface area contributed by atoms with E-state index in [1.54, 1.807) is 0 Å². The second-order valence-corrected chi connectivity index (χ2v) is 6.23. The summed E-state index contributed by atoms with van der Waals surface area (Å²) < 4.78 is 5.96. The summed E-state index contributed by atoms with van der Waals surface area (Å²) in [6.07, 6.45) is 2.41. The Morgan fingerprint density at radius 1 is 1.38 bits per heavy atom. The van der Waals surface area contributed by atoms with E-state index >= 15 is 0 Å². The first-order valence-electron chi connectivity index (χ1n) is 7.85. The van der Waals surface area contributed by atoms with Crippen LogP contribution in [0, 0.1) is 6.92 Å². The van der Waals surface area contributed by atoms with E-state index in [-0.39, 0.29) is 18.1 Å². The smallest absolute Gasteiger partial charge is 0.236 e. The van der Waals surface area contributed by atoms with Crippen LogP contribution < -0.4 is 5.32 Å². The number of hydrogen-bond donors (Lipinski definition) is 1. The van der Waals surface area contributed by atoms with Crippen molar-refractivity contribution in [3.05, 3.63) is 35.4 Å². The molecule has 2 aliphatic rings. The zero-order chi connectivity index (χ0) is 14.8. The molecule has 114 valence electrons. The first kappa shape index (κ1) is 14.5. The van der Waals surface area contributed by atoms with Crippen LogP contribution in [0.1, 0.15) is 37.0 Å². The Bertz CT molecular complexity index is 513. The molecule has 2 atom stereocenters. The van der Waals surface area contributed by atoms with Gasteiger partial charge >= 0.3 is 0 Å². The molecule has 0 bridgehead atoms. The van der Waals surface area contributed by atoms with Crippen LogP contribution in [-0.2, 0) is 9.53 Å². The van der Waals surface area contributed by atoms with E-state index in [9.17, 15) is 4.79 Å². The number of carbonyl (C=O) groups excluding carboxylic acids is 1. The fraction of sp³-hybridized carbons (Fsp3) is 0.588. The maximum Gasteiger partial charge on any atom is 0.236 e. The number of aryl methyl sites for hydroxylation is 1. The summed E-state index contributed by atoms with van der Waals surface area (Å²) in [7, 11) is 0. The van der Waals surface area contributed by atoms with E-state index in [0.717, 1.165) is 0 Å². The molecule has 1 saturated carbocycles.